The maximum absolute atomic E-state index is 12.8. The summed E-state index contributed by atoms with van der Waals surface area (Å²) in [5, 5.41) is 0. The Balaban J connectivity index is 2.28. The van der Waals surface area contributed by atoms with Gasteiger partial charge in [-0.2, -0.15) is 0 Å². The zero-order chi connectivity index (χ0) is 13.1. The minimum Gasteiger partial charge on any atom is -0.254 e. The average Bonchev–Trinajstić information content (AvgIpc) is 2.34. The predicted molar refractivity (Wildman–Crippen MR) is 71.6 cm³/mol. The number of nitrogens with zero attached hydrogens (tertiary/aromatic N) is 2. The SMILES string of the molecule is Cc1nc(C)c(C=Cc2ccc(F)cc2)nc1C. The van der Waals surface area contributed by atoms with E-state index in [0.717, 1.165) is 28.3 Å². The van der Waals surface area contributed by atoms with Crippen molar-refractivity contribution in [3.05, 3.63) is 58.4 Å². The molecule has 2 rings (SSSR count). The molecule has 0 aliphatic carbocycles. The highest BCUT2D eigenvalue weighted by atomic mass is 19.1. The van der Waals surface area contributed by atoms with E-state index in [-0.39, 0.29) is 5.82 Å². The molecular weight excluding hydrogens is 227 g/mol. The molecule has 0 aliphatic heterocycles. The Bertz CT molecular complexity index is 586. The van der Waals surface area contributed by atoms with Gasteiger partial charge in [0.15, 0.2) is 0 Å². The molecule has 0 bridgehead atoms. The average molecular weight is 242 g/mol. The summed E-state index contributed by atoms with van der Waals surface area (Å²) in [4.78, 5) is 8.91. The first-order valence-corrected chi connectivity index (χ1v) is 5.82. The lowest BCUT2D eigenvalue weighted by molar-refractivity contribution is 0.628. The highest BCUT2D eigenvalue weighted by Gasteiger charge is 2.01. The first-order chi connectivity index (χ1) is 8.56. The largest absolute Gasteiger partial charge is 0.254 e. The van der Waals surface area contributed by atoms with Crippen LogP contribution < -0.4 is 0 Å². The number of hydrogen-bond acceptors (Lipinski definition) is 2. The molecule has 18 heavy (non-hydrogen) atoms. The van der Waals surface area contributed by atoms with E-state index in [1.807, 2.05) is 32.9 Å². The van der Waals surface area contributed by atoms with Gasteiger partial charge in [-0.3, -0.25) is 4.98 Å². The molecule has 0 saturated heterocycles. The van der Waals surface area contributed by atoms with Gasteiger partial charge in [0.2, 0.25) is 0 Å². The highest BCUT2D eigenvalue weighted by Crippen LogP contribution is 2.12. The highest BCUT2D eigenvalue weighted by molar-refractivity contribution is 5.68. The molecule has 0 atom stereocenters. The van der Waals surface area contributed by atoms with Crippen LogP contribution in [0, 0.1) is 26.6 Å². The molecule has 0 fully saturated rings. The van der Waals surface area contributed by atoms with Crippen LogP contribution in [0.4, 0.5) is 4.39 Å². The predicted octanol–water partition coefficient (Wildman–Crippen LogP) is 3.71. The van der Waals surface area contributed by atoms with Gasteiger partial charge in [-0.1, -0.05) is 18.2 Å². The van der Waals surface area contributed by atoms with Crippen LogP contribution in [0.2, 0.25) is 0 Å². The Kier molecular flexibility index (Phi) is 3.51. The Morgan fingerprint density at radius 3 is 2.11 bits per heavy atom. The number of aromatic nitrogens is 2. The molecule has 0 unspecified atom stereocenters. The number of rotatable bonds is 2. The summed E-state index contributed by atoms with van der Waals surface area (Å²) >= 11 is 0. The van der Waals surface area contributed by atoms with Gasteiger partial charge in [-0.05, 0) is 44.5 Å². The van der Waals surface area contributed by atoms with Gasteiger partial charge in [0.25, 0.3) is 0 Å². The number of benzene rings is 1. The topological polar surface area (TPSA) is 25.8 Å². The quantitative estimate of drug-likeness (QED) is 0.802. The van der Waals surface area contributed by atoms with E-state index < -0.39 is 0 Å². The summed E-state index contributed by atoms with van der Waals surface area (Å²) in [5.74, 6) is -0.227. The molecule has 0 N–H and O–H groups in total. The summed E-state index contributed by atoms with van der Waals surface area (Å²) in [6.45, 7) is 5.82. The van der Waals surface area contributed by atoms with Gasteiger partial charge in [-0.15, -0.1) is 0 Å². The lowest BCUT2D eigenvalue weighted by atomic mass is 10.2. The van der Waals surface area contributed by atoms with Crippen molar-refractivity contribution in [1.82, 2.24) is 9.97 Å². The van der Waals surface area contributed by atoms with Crippen molar-refractivity contribution >= 4 is 12.2 Å². The maximum atomic E-state index is 12.8. The lowest BCUT2D eigenvalue weighted by Gasteiger charge is -2.03. The molecule has 2 nitrogen and oxygen atoms in total. The Hall–Kier alpha value is -2.03. The monoisotopic (exact) mass is 242 g/mol. The Morgan fingerprint density at radius 2 is 1.44 bits per heavy atom. The minimum absolute atomic E-state index is 0.227. The van der Waals surface area contributed by atoms with Crippen molar-refractivity contribution in [2.75, 3.05) is 0 Å². The van der Waals surface area contributed by atoms with Crippen molar-refractivity contribution in [3.63, 3.8) is 0 Å². The van der Waals surface area contributed by atoms with E-state index >= 15 is 0 Å². The fraction of sp³-hybridized carbons (Fsp3) is 0.200. The molecule has 1 heterocycles. The van der Waals surface area contributed by atoms with E-state index in [4.69, 9.17) is 0 Å². The van der Waals surface area contributed by atoms with Crippen molar-refractivity contribution in [1.29, 1.82) is 0 Å². The molecule has 2 aromatic rings. The molecule has 0 amide bonds. The summed E-state index contributed by atoms with van der Waals surface area (Å²) in [7, 11) is 0. The first kappa shape index (κ1) is 12.4. The van der Waals surface area contributed by atoms with Gasteiger partial charge < -0.3 is 0 Å². The number of aryl methyl sites for hydroxylation is 3. The standard InChI is InChI=1S/C15H15FN2/c1-10-11(2)18-15(12(3)17-10)9-6-13-4-7-14(16)8-5-13/h4-9H,1-3H3. The van der Waals surface area contributed by atoms with Gasteiger partial charge in [0.1, 0.15) is 5.82 Å². The smallest absolute Gasteiger partial charge is 0.123 e. The summed E-state index contributed by atoms with van der Waals surface area (Å²) in [6.07, 6.45) is 3.81. The van der Waals surface area contributed by atoms with Crippen LogP contribution in [-0.2, 0) is 0 Å². The van der Waals surface area contributed by atoms with E-state index in [1.165, 1.54) is 12.1 Å². The summed E-state index contributed by atoms with van der Waals surface area (Å²) in [6, 6.07) is 6.35. The third-order valence-electron chi connectivity index (χ3n) is 2.82. The van der Waals surface area contributed by atoms with Gasteiger partial charge in [-0.25, -0.2) is 9.37 Å². The second kappa shape index (κ2) is 5.08. The van der Waals surface area contributed by atoms with Crippen molar-refractivity contribution in [2.45, 2.75) is 20.8 Å². The third-order valence-corrected chi connectivity index (χ3v) is 2.82. The van der Waals surface area contributed by atoms with Crippen molar-refractivity contribution < 1.29 is 4.39 Å². The lowest BCUT2D eigenvalue weighted by Crippen LogP contribution is -1.98. The maximum Gasteiger partial charge on any atom is 0.123 e. The van der Waals surface area contributed by atoms with Gasteiger partial charge >= 0.3 is 0 Å². The molecule has 0 radical (unpaired) electrons. The summed E-state index contributed by atoms with van der Waals surface area (Å²) in [5.41, 5.74) is 4.57. The second-order valence-electron chi connectivity index (χ2n) is 4.25. The van der Waals surface area contributed by atoms with Crippen LogP contribution in [0.5, 0.6) is 0 Å². The number of hydrogen-bond donors (Lipinski definition) is 0. The van der Waals surface area contributed by atoms with Crippen molar-refractivity contribution in [3.8, 4) is 0 Å². The molecule has 0 saturated carbocycles. The van der Waals surface area contributed by atoms with Crippen LogP contribution in [0.15, 0.2) is 24.3 Å². The van der Waals surface area contributed by atoms with E-state index in [2.05, 4.69) is 9.97 Å². The number of halogens is 1. The molecule has 3 heteroatoms. The van der Waals surface area contributed by atoms with Crippen molar-refractivity contribution in [2.24, 2.45) is 0 Å². The van der Waals surface area contributed by atoms with Gasteiger partial charge in [0, 0.05) is 0 Å². The van der Waals surface area contributed by atoms with Crippen LogP contribution in [0.25, 0.3) is 12.2 Å². The van der Waals surface area contributed by atoms with E-state index in [1.54, 1.807) is 12.1 Å². The Labute approximate surface area is 106 Å². The fourth-order valence-corrected chi connectivity index (χ4v) is 1.64. The first-order valence-electron chi connectivity index (χ1n) is 5.82. The zero-order valence-corrected chi connectivity index (χ0v) is 10.7. The van der Waals surface area contributed by atoms with Crippen LogP contribution >= 0.6 is 0 Å². The molecule has 0 aliphatic rings. The molecule has 0 spiro atoms. The van der Waals surface area contributed by atoms with E-state index in [9.17, 15) is 4.39 Å². The molecular formula is C15H15FN2. The van der Waals surface area contributed by atoms with Crippen LogP contribution in [-0.4, -0.2) is 9.97 Å². The minimum atomic E-state index is -0.227. The normalized spacial score (nSPS) is 11.1. The molecule has 1 aromatic heterocycles. The zero-order valence-electron chi connectivity index (χ0n) is 10.7. The van der Waals surface area contributed by atoms with Crippen LogP contribution in [0.3, 0.4) is 0 Å². The van der Waals surface area contributed by atoms with Gasteiger partial charge in [0.05, 0.1) is 22.8 Å². The molecule has 92 valence electrons. The van der Waals surface area contributed by atoms with Crippen LogP contribution in [0.1, 0.15) is 28.3 Å². The Morgan fingerprint density at radius 1 is 0.833 bits per heavy atom. The molecule has 1 aromatic carbocycles. The second-order valence-corrected chi connectivity index (χ2v) is 4.25. The fourth-order valence-electron chi connectivity index (χ4n) is 1.64. The summed E-state index contributed by atoms with van der Waals surface area (Å²) < 4.78 is 12.8. The van der Waals surface area contributed by atoms with E-state index in [0.29, 0.717) is 0 Å². The third kappa shape index (κ3) is 2.80.